The average molecular weight is 437 g/mol. The van der Waals surface area contributed by atoms with Crippen molar-refractivity contribution < 1.29 is 14.2 Å². The van der Waals surface area contributed by atoms with Gasteiger partial charge in [-0.05, 0) is 25.7 Å². The Bertz CT molecular complexity index is 382. The lowest BCUT2D eigenvalue weighted by molar-refractivity contribution is -0.384. The zero-order valence-corrected chi connectivity index (χ0v) is 21.2. The number of hydrogen-bond donors (Lipinski definition) is 0. The summed E-state index contributed by atoms with van der Waals surface area (Å²) in [5.74, 6) is -0.803. The van der Waals surface area contributed by atoms with Gasteiger partial charge in [0.1, 0.15) is 0 Å². The molecule has 0 atom stereocenters. The third kappa shape index (κ3) is 19.5. The van der Waals surface area contributed by atoms with E-state index in [-0.39, 0.29) is 0 Å². The molecule has 1 aromatic rings. The van der Waals surface area contributed by atoms with Crippen LogP contribution in [0.3, 0.4) is 0 Å². The highest BCUT2D eigenvalue weighted by atomic mass is 16.9. The summed E-state index contributed by atoms with van der Waals surface area (Å²) in [5, 5.41) is 0. The SMILES string of the molecule is CCCCCCCCCC(OCCCC)(OCCCC)OCCCC.c1ccccc1. The molecule has 0 radical (unpaired) electrons. The summed E-state index contributed by atoms with van der Waals surface area (Å²) in [6.07, 6.45) is 16.5. The van der Waals surface area contributed by atoms with Gasteiger partial charge in [-0.1, -0.05) is 122 Å². The summed E-state index contributed by atoms with van der Waals surface area (Å²) >= 11 is 0. The summed E-state index contributed by atoms with van der Waals surface area (Å²) in [5.41, 5.74) is 0. The molecule has 1 rings (SSSR count). The van der Waals surface area contributed by atoms with Crippen molar-refractivity contribution in [2.24, 2.45) is 0 Å². The van der Waals surface area contributed by atoms with Gasteiger partial charge in [-0.3, -0.25) is 0 Å². The number of ether oxygens (including phenoxy) is 3. The first-order valence-electron chi connectivity index (χ1n) is 13.2. The largest absolute Gasteiger partial charge is 0.327 e. The molecule has 0 bridgehead atoms. The first kappa shape index (κ1) is 30.1. The van der Waals surface area contributed by atoms with Gasteiger partial charge in [0.25, 0.3) is 5.97 Å². The first-order valence-corrected chi connectivity index (χ1v) is 13.2. The highest BCUT2D eigenvalue weighted by molar-refractivity contribution is 4.99. The Morgan fingerprint density at radius 2 is 0.742 bits per heavy atom. The predicted octanol–water partition coefficient (Wildman–Crippen LogP) is 8.92. The fourth-order valence-corrected chi connectivity index (χ4v) is 3.14. The van der Waals surface area contributed by atoms with Crippen LogP contribution in [-0.4, -0.2) is 25.8 Å². The maximum absolute atomic E-state index is 6.16. The van der Waals surface area contributed by atoms with Crippen molar-refractivity contribution in [2.75, 3.05) is 19.8 Å². The maximum Gasteiger partial charge on any atom is 0.282 e. The average Bonchev–Trinajstić information content (AvgIpc) is 2.80. The minimum absolute atomic E-state index is 0.727. The molecule has 31 heavy (non-hydrogen) atoms. The van der Waals surface area contributed by atoms with E-state index < -0.39 is 5.97 Å². The number of hydrogen-bond acceptors (Lipinski definition) is 3. The van der Waals surface area contributed by atoms with E-state index in [2.05, 4.69) is 27.7 Å². The lowest BCUT2D eigenvalue weighted by Crippen LogP contribution is -2.40. The molecule has 3 heteroatoms. The van der Waals surface area contributed by atoms with Crippen LogP contribution in [0.15, 0.2) is 36.4 Å². The lowest BCUT2D eigenvalue weighted by Gasteiger charge is -2.33. The van der Waals surface area contributed by atoms with Crippen molar-refractivity contribution in [1.29, 1.82) is 0 Å². The Balaban J connectivity index is 0.00000127. The standard InChI is InChI=1S/C22H46O3.C6H6/c1-5-9-13-14-15-16-17-18-22(23-19-10-6-2,24-20-11-7-3)25-21-12-8-4;1-2-4-6-5-3-1/h5-21H2,1-4H3;1-6H. The van der Waals surface area contributed by atoms with Crippen LogP contribution in [0.25, 0.3) is 0 Å². The molecular formula is C28H52O3. The molecule has 0 fully saturated rings. The molecule has 0 saturated heterocycles. The van der Waals surface area contributed by atoms with Gasteiger partial charge >= 0.3 is 0 Å². The molecule has 1 aromatic carbocycles. The fourth-order valence-electron chi connectivity index (χ4n) is 3.14. The van der Waals surface area contributed by atoms with Crippen LogP contribution in [-0.2, 0) is 14.2 Å². The van der Waals surface area contributed by atoms with Crippen LogP contribution >= 0.6 is 0 Å². The third-order valence-corrected chi connectivity index (χ3v) is 5.21. The zero-order chi connectivity index (χ0) is 22.9. The molecule has 0 spiro atoms. The molecule has 182 valence electrons. The van der Waals surface area contributed by atoms with E-state index in [1.54, 1.807) is 0 Å². The second-order valence-electron chi connectivity index (χ2n) is 8.32. The summed E-state index contributed by atoms with van der Waals surface area (Å²) < 4.78 is 18.5. The summed E-state index contributed by atoms with van der Waals surface area (Å²) in [4.78, 5) is 0. The van der Waals surface area contributed by atoms with Crippen molar-refractivity contribution in [2.45, 2.75) is 124 Å². The molecule has 0 aliphatic heterocycles. The fraction of sp³-hybridized carbons (Fsp3) is 0.786. The van der Waals surface area contributed by atoms with Crippen molar-refractivity contribution >= 4 is 0 Å². The van der Waals surface area contributed by atoms with E-state index in [1.807, 2.05) is 36.4 Å². The van der Waals surface area contributed by atoms with Crippen LogP contribution in [0.4, 0.5) is 0 Å². The molecule has 0 N–H and O–H groups in total. The Kier molecular flexibility index (Phi) is 23.1. The van der Waals surface area contributed by atoms with Gasteiger partial charge in [-0.25, -0.2) is 0 Å². The molecule has 0 unspecified atom stereocenters. The molecule has 0 aromatic heterocycles. The van der Waals surface area contributed by atoms with E-state index in [9.17, 15) is 0 Å². The maximum atomic E-state index is 6.16. The second-order valence-corrected chi connectivity index (χ2v) is 8.32. The van der Waals surface area contributed by atoms with E-state index in [0.29, 0.717) is 0 Å². The Morgan fingerprint density at radius 1 is 0.419 bits per heavy atom. The monoisotopic (exact) mass is 436 g/mol. The molecule has 0 saturated carbocycles. The second kappa shape index (κ2) is 23.8. The Hall–Kier alpha value is -0.900. The van der Waals surface area contributed by atoms with Crippen molar-refractivity contribution in [1.82, 2.24) is 0 Å². The van der Waals surface area contributed by atoms with Gasteiger partial charge < -0.3 is 14.2 Å². The molecule has 0 heterocycles. The van der Waals surface area contributed by atoms with Gasteiger partial charge in [0.15, 0.2) is 0 Å². The number of unbranched alkanes of at least 4 members (excludes halogenated alkanes) is 9. The lowest BCUT2D eigenvalue weighted by atomic mass is 10.1. The molecule has 0 aliphatic carbocycles. The minimum atomic E-state index is -0.803. The summed E-state index contributed by atoms with van der Waals surface area (Å²) in [6.45, 7) is 11.0. The van der Waals surface area contributed by atoms with Gasteiger partial charge in [0.2, 0.25) is 0 Å². The highest BCUT2D eigenvalue weighted by Crippen LogP contribution is 2.26. The van der Waals surface area contributed by atoms with E-state index in [0.717, 1.165) is 71.2 Å². The first-order chi connectivity index (χ1) is 15.2. The normalized spacial score (nSPS) is 11.2. The van der Waals surface area contributed by atoms with Gasteiger partial charge in [-0.15, -0.1) is 0 Å². The third-order valence-electron chi connectivity index (χ3n) is 5.21. The molecular weight excluding hydrogens is 384 g/mol. The Morgan fingerprint density at radius 3 is 1.10 bits per heavy atom. The number of benzene rings is 1. The van der Waals surface area contributed by atoms with E-state index >= 15 is 0 Å². The summed E-state index contributed by atoms with van der Waals surface area (Å²) in [7, 11) is 0. The van der Waals surface area contributed by atoms with Crippen LogP contribution < -0.4 is 0 Å². The zero-order valence-electron chi connectivity index (χ0n) is 21.2. The molecule has 0 aliphatic rings. The van der Waals surface area contributed by atoms with E-state index in [1.165, 1.54) is 38.5 Å². The van der Waals surface area contributed by atoms with Gasteiger partial charge in [0.05, 0.1) is 19.8 Å². The van der Waals surface area contributed by atoms with Crippen LogP contribution in [0.2, 0.25) is 0 Å². The van der Waals surface area contributed by atoms with Crippen LogP contribution in [0, 0.1) is 0 Å². The van der Waals surface area contributed by atoms with Gasteiger partial charge in [0, 0.05) is 6.42 Å². The van der Waals surface area contributed by atoms with Crippen LogP contribution in [0.1, 0.15) is 118 Å². The van der Waals surface area contributed by atoms with E-state index in [4.69, 9.17) is 14.2 Å². The topological polar surface area (TPSA) is 27.7 Å². The highest BCUT2D eigenvalue weighted by Gasteiger charge is 2.32. The van der Waals surface area contributed by atoms with Crippen molar-refractivity contribution in [3.05, 3.63) is 36.4 Å². The molecule has 0 amide bonds. The number of rotatable bonds is 20. The summed E-state index contributed by atoms with van der Waals surface area (Å²) in [6, 6.07) is 12.0. The minimum Gasteiger partial charge on any atom is -0.327 e. The van der Waals surface area contributed by atoms with Crippen molar-refractivity contribution in [3.8, 4) is 0 Å². The quantitative estimate of drug-likeness (QED) is 0.151. The molecule has 3 nitrogen and oxygen atoms in total. The smallest absolute Gasteiger partial charge is 0.282 e. The van der Waals surface area contributed by atoms with Gasteiger partial charge in [-0.2, -0.15) is 0 Å². The van der Waals surface area contributed by atoms with Crippen LogP contribution in [0.5, 0.6) is 0 Å². The van der Waals surface area contributed by atoms with Crippen molar-refractivity contribution in [3.63, 3.8) is 0 Å². The Labute approximate surface area is 194 Å². The predicted molar refractivity (Wildman–Crippen MR) is 134 cm³/mol.